The average molecular weight is 634 g/mol. The van der Waals surface area contributed by atoms with Crippen LogP contribution in [0.15, 0.2) is 42.6 Å². The SMILES string of the molecule is [C-]#[N+]C[C@H]1CN(c2nc(O[C@H](C)CN(C)C)nc3c(F)c(-c4cccc5cccc(Cl)c45)ncc23)CCN1C(=O)OC(C)(C)C. The van der Waals surface area contributed by atoms with E-state index >= 15 is 4.39 Å². The van der Waals surface area contributed by atoms with Crippen molar-refractivity contribution >= 4 is 45.2 Å². The first-order valence-corrected chi connectivity index (χ1v) is 15.2. The van der Waals surface area contributed by atoms with Gasteiger partial charge < -0.3 is 24.1 Å². The van der Waals surface area contributed by atoms with Crippen LogP contribution in [0, 0.1) is 12.4 Å². The number of piperazine rings is 1. The van der Waals surface area contributed by atoms with Crippen molar-refractivity contribution in [2.75, 3.05) is 51.7 Å². The van der Waals surface area contributed by atoms with Gasteiger partial charge in [0.05, 0.1) is 5.39 Å². The van der Waals surface area contributed by atoms with Gasteiger partial charge in [0.1, 0.15) is 34.8 Å². The Balaban J connectivity index is 1.61. The molecular formula is C33H37ClFN7O3. The normalized spacial score (nSPS) is 16.2. The Morgan fingerprint density at radius 3 is 2.62 bits per heavy atom. The van der Waals surface area contributed by atoms with Gasteiger partial charge >= 0.3 is 12.1 Å². The molecule has 2 atom stereocenters. The second-order valence-corrected chi connectivity index (χ2v) is 12.9. The second kappa shape index (κ2) is 13.0. The summed E-state index contributed by atoms with van der Waals surface area (Å²) in [4.78, 5) is 35.9. The summed E-state index contributed by atoms with van der Waals surface area (Å²) in [6, 6.07) is 10.6. The number of likely N-dealkylation sites (N-methyl/N-ethyl adjacent to an activating group) is 1. The van der Waals surface area contributed by atoms with E-state index in [1.165, 1.54) is 0 Å². The molecule has 0 bridgehead atoms. The first kappa shape index (κ1) is 32.1. The number of hydrogen-bond donors (Lipinski definition) is 0. The molecule has 2 aromatic carbocycles. The van der Waals surface area contributed by atoms with Crippen LogP contribution < -0.4 is 9.64 Å². The van der Waals surface area contributed by atoms with Crippen LogP contribution in [0.25, 0.3) is 37.8 Å². The molecule has 4 aromatic rings. The highest BCUT2D eigenvalue weighted by atomic mass is 35.5. The van der Waals surface area contributed by atoms with Gasteiger partial charge in [-0.25, -0.2) is 15.8 Å². The van der Waals surface area contributed by atoms with E-state index < -0.39 is 23.6 Å². The van der Waals surface area contributed by atoms with Gasteiger partial charge in [0.2, 0.25) is 6.54 Å². The number of pyridine rings is 1. The maximum absolute atomic E-state index is 16.6. The lowest BCUT2D eigenvalue weighted by Crippen LogP contribution is -2.57. The zero-order valence-corrected chi connectivity index (χ0v) is 27.1. The van der Waals surface area contributed by atoms with E-state index in [0.717, 1.165) is 5.39 Å². The molecule has 3 heterocycles. The summed E-state index contributed by atoms with van der Waals surface area (Å²) in [6.07, 6.45) is 0.803. The molecule has 1 aliphatic rings. The van der Waals surface area contributed by atoms with E-state index in [1.807, 2.05) is 55.1 Å². The van der Waals surface area contributed by atoms with Crippen molar-refractivity contribution in [1.29, 1.82) is 0 Å². The third-order valence-electron chi connectivity index (χ3n) is 7.39. The summed E-state index contributed by atoms with van der Waals surface area (Å²) in [5, 5.41) is 2.43. The molecule has 0 radical (unpaired) electrons. The van der Waals surface area contributed by atoms with Gasteiger partial charge in [-0.3, -0.25) is 9.88 Å². The van der Waals surface area contributed by atoms with Crippen LogP contribution in [-0.4, -0.2) is 95.4 Å². The minimum absolute atomic E-state index is 0.0233. The Hall–Kier alpha value is -4.27. The standard InChI is InChI=1S/C33H37ClFN7O3/c1-20(18-40(6)7)44-31-38-29-24(17-37-28(27(29)35)23-12-8-10-21-11-9-13-25(34)26(21)23)30(39-31)41-14-15-42(22(19-41)16-36-5)32(43)45-33(2,3)4/h8-13,17,20,22H,14-16,18-19H2,1-4,6-7H3/t20-,22+/m1/s1. The van der Waals surface area contributed by atoms with E-state index in [2.05, 4.69) is 14.8 Å². The lowest BCUT2D eigenvalue weighted by atomic mass is 10.0. The van der Waals surface area contributed by atoms with Gasteiger partial charge in [0, 0.05) is 48.3 Å². The molecule has 236 valence electrons. The molecule has 1 saturated heterocycles. The maximum Gasteiger partial charge on any atom is 0.410 e. The van der Waals surface area contributed by atoms with Crippen molar-refractivity contribution < 1.29 is 18.7 Å². The molecule has 12 heteroatoms. The Morgan fingerprint density at radius 2 is 1.93 bits per heavy atom. The number of ether oxygens (including phenoxy) is 2. The summed E-state index contributed by atoms with van der Waals surface area (Å²) >= 11 is 6.58. The number of aromatic nitrogens is 3. The smallest absolute Gasteiger partial charge is 0.410 e. The highest BCUT2D eigenvalue weighted by Crippen LogP contribution is 2.37. The average Bonchev–Trinajstić information content (AvgIpc) is 2.96. The van der Waals surface area contributed by atoms with E-state index in [4.69, 9.17) is 32.6 Å². The number of anilines is 1. The number of carbonyl (C=O) groups excluding carboxylic acids is 1. The minimum Gasteiger partial charge on any atom is -0.459 e. The van der Waals surface area contributed by atoms with Gasteiger partial charge in [-0.1, -0.05) is 41.9 Å². The molecule has 1 aliphatic heterocycles. The molecule has 0 aliphatic carbocycles. The van der Waals surface area contributed by atoms with Gasteiger partial charge in [-0.15, -0.1) is 0 Å². The van der Waals surface area contributed by atoms with Gasteiger partial charge in [-0.2, -0.15) is 9.97 Å². The summed E-state index contributed by atoms with van der Waals surface area (Å²) in [5.74, 6) is -0.210. The number of nitrogens with zero attached hydrogens (tertiary/aromatic N) is 7. The summed E-state index contributed by atoms with van der Waals surface area (Å²) in [5.41, 5.74) is 0.0325. The van der Waals surface area contributed by atoms with E-state index in [1.54, 1.807) is 44.0 Å². The fraction of sp³-hybridized carbons (Fsp3) is 0.424. The Labute approximate surface area is 267 Å². The first-order chi connectivity index (χ1) is 21.4. The van der Waals surface area contributed by atoms with E-state index in [9.17, 15) is 4.79 Å². The van der Waals surface area contributed by atoms with Crippen LogP contribution in [0.3, 0.4) is 0 Å². The largest absolute Gasteiger partial charge is 0.459 e. The number of rotatable bonds is 7. The Bertz CT molecular complexity index is 1770. The lowest BCUT2D eigenvalue weighted by Gasteiger charge is -2.40. The fourth-order valence-corrected chi connectivity index (χ4v) is 5.88. The predicted molar refractivity (Wildman–Crippen MR) is 174 cm³/mol. The second-order valence-electron chi connectivity index (χ2n) is 12.5. The van der Waals surface area contributed by atoms with Crippen molar-refractivity contribution in [1.82, 2.24) is 24.8 Å². The monoisotopic (exact) mass is 633 g/mol. The molecule has 1 amide bonds. The zero-order valence-electron chi connectivity index (χ0n) is 26.3. The zero-order chi connectivity index (χ0) is 32.5. The number of halogens is 2. The third kappa shape index (κ3) is 7.02. The van der Waals surface area contributed by atoms with Crippen LogP contribution in [0.5, 0.6) is 6.01 Å². The number of carbonyl (C=O) groups is 1. The van der Waals surface area contributed by atoms with Crippen molar-refractivity contribution in [3.8, 4) is 17.3 Å². The quantitative estimate of drug-likeness (QED) is 0.219. The Morgan fingerprint density at radius 1 is 1.20 bits per heavy atom. The molecule has 10 nitrogen and oxygen atoms in total. The Kier molecular flexibility index (Phi) is 9.28. The summed E-state index contributed by atoms with van der Waals surface area (Å²) in [6.45, 7) is 16.4. The van der Waals surface area contributed by atoms with Crippen LogP contribution in [-0.2, 0) is 4.74 Å². The molecule has 0 spiro atoms. The van der Waals surface area contributed by atoms with Gasteiger partial charge in [0.15, 0.2) is 5.82 Å². The number of fused-ring (bicyclic) bond motifs is 2. The lowest BCUT2D eigenvalue weighted by molar-refractivity contribution is 0.0155. The summed E-state index contributed by atoms with van der Waals surface area (Å²) in [7, 11) is 3.86. The fourth-order valence-electron chi connectivity index (χ4n) is 5.60. The van der Waals surface area contributed by atoms with Crippen LogP contribution in [0.1, 0.15) is 27.7 Å². The molecule has 0 saturated carbocycles. The van der Waals surface area contributed by atoms with Gasteiger partial charge in [-0.05, 0) is 53.2 Å². The summed E-state index contributed by atoms with van der Waals surface area (Å²) < 4.78 is 28.4. The first-order valence-electron chi connectivity index (χ1n) is 14.8. The van der Waals surface area contributed by atoms with Gasteiger partial charge in [0.25, 0.3) is 0 Å². The third-order valence-corrected chi connectivity index (χ3v) is 7.71. The molecule has 45 heavy (non-hydrogen) atoms. The maximum atomic E-state index is 16.6. The molecule has 0 N–H and O–H groups in total. The molecule has 5 rings (SSSR count). The van der Waals surface area contributed by atoms with Crippen LogP contribution >= 0.6 is 11.6 Å². The molecule has 1 fully saturated rings. The van der Waals surface area contributed by atoms with Crippen molar-refractivity contribution in [3.05, 3.63) is 64.9 Å². The molecule has 2 aromatic heterocycles. The van der Waals surface area contributed by atoms with Crippen LogP contribution in [0.4, 0.5) is 15.0 Å². The number of hydrogen-bond acceptors (Lipinski definition) is 8. The topological polar surface area (TPSA) is 88.3 Å². The highest BCUT2D eigenvalue weighted by Gasteiger charge is 2.36. The number of amides is 1. The van der Waals surface area contributed by atoms with Crippen molar-refractivity contribution in [2.45, 2.75) is 45.4 Å². The van der Waals surface area contributed by atoms with Crippen molar-refractivity contribution in [2.24, 2.45) is 0 Å². The van der Waals surface area contributed by atoms with E-state index in [-0.39, 0.29) is 43.0 Å². The van der Waals surface area contributed by atoms with Crippen molar-refractivity contribution in [3.63, 3.8) is 0 Å². The van der Waals surface area contributed by atoms with E-state index in [0.29, 0.717) is 40.3 Å². The molecule has 0 unspecified atom stereocenters. The number of benzene rings is 2. The highest BCUT2D eigenvalue weighted by molar-refractivity contribution is 6.36. The predicted octanol–water partition coefficient (Wildman–Crippen LogP) is 6.31. The minimum atomic E-state index is -0.676. The van der Waals surface area contributed by atoms with Crippen LogP contribution in [0.2, 0.25) is 5.02 Å². The molecular weight excluding hydrogens is 597 g/mol.